The summed E-state index contributed by atoms with van der Waals surface area (Å²) in [6.07, 6.45) is 2.39. The van der Waals surface area contributed by atoms with Gasteiger partial charge >= 0.3 is 6.01 Å². The van der Waals surface area contributed by atoms with E-state index < -0.39 is 0 Å². The van der Waals surface area contributed by atoms with Gasteiger partial charge in [-0.1, -0.05) is 13.8 Å². The highest BCUT2D eigenvalue weighted by molar-refractivity contribution is 5.90. The maximum absolute atomic E-state index is 11.3. The summed E-state index contributed by atoms with van der Waals surface area (Å²) in [5, 5.41) is 2.60. The fourth-order valence-corrected chi connectivity index (χ4v) is 0.827. The molecule has 72 valence electrons. The number of oxazole rings is 1. The minimum atomic E-state index is -0.0515. The standard InChI is InChI=1S/C9H14N2O2/c1-4-6(2)8(12)11-9-10-5-7(3)13-9/h5-6H,4H2,1-3H3,(H,10,11,12). The van der Waals surface area contributed by atoms with Crippen LogP contribution < -0.4 is 5.32 Å². The largest absolute Gasteiger partial charge is 0.429 e. The van der Waals surface area contributed by atoms with Crippen molar-refractivity contribution in [3.05, 3.63) is 12.0 Å². The normalized spacial score (nSPS) is 12.5. The molecule has 0 spiro atoms. The van der Waals surface area contributed by atoms with Crippen molar-refractivity contribution in [2.45, 2.75) is 27.2 Å². The molecule has 1 aromatic rings. The lowest BCUT2D eigenvalue weighted by atomic mass is 10.1. The van der Waals surface area contributed by atoms with Gasteiger partial charge in [-0.25, -0.2) is 4.98 Å². The Labute approximate surface area is 77.3 Å². The molecule has 1 heterocycles. The molecule has 0 saturated heterocycles. The van der Waals surface area contributed by atoms with E-state index in [1.54, 1.807) is 13.1 Å². The number of nitrogens with one attached hydrogen (secondary N) is 1. The molecule has 4 nitrogen and oxygen atoms in total. The first kappa shape index (κ1) is 9.77. The summed E-state index contributed by atoms with van der Waals surface area (Å²) in [5.74, 6) is 0.635. The molecule has 0 bridgehead atoms. The van der Waals surface area contributed by atoms with Crippen LogP contribution in [0, 0.1) is 12.8 Å². The number of carbonyl (C=O) groups is 1. The van der Waals surface area contributed by atoms with Gasteiger partial charge in [-0.3, -0.25) is 10.1 Å². The Hall–Kier alpha value is -1.32. The molecule has 1 atom stereocenters. The van der Waals surface area contributed by atoms with Gasteiger partial charge in [0.15, 0.2) is 0 Å². The summed E-state index contributed by atoms with van der Waals surface area (Å²) in [4.78, 5) is 15.2. The molecule has 1 unspecified atom stereocenters. The third-order valence-electron chi connectivity index (χ3n) is 1.91. The number of carbonyl (C=O) groups excluding carboxylic acids is 1. The lowest BCUT2D eigenvalue weighted by molar-refractivity contribution is -0.119. The molecule has 0 fully saturated rings. The van der Waals surface area contributed by atoms with Crippen molar-refractivity contribution in [3.63, 3.8) is 0 Å². The van der Waals surface area contributed by atoms with E-state index in [0.29, 0.717) is 5.76 Å². The highest BCUT2D eigenvalue weighted by Gasteiger charge is 2.12. The predicted octanol–water partition coefficient (Wildman–Crippen LogP) is 1.97. The second-order valence-corrected chi connectivity index (χ2v) is 3.07. The van der Waals surface area contributed by atoms with E-state index in [9.17, 15) is 4.79 Å². The quantitative estimate of drug-likeness (QED) is 0.777. The average Bonchev–Trinajstić information content (AvgIpc) is 2.49. The lowest BCUT2D eigenvalue weighted by Gasteiger charge is -2.05. The number of rotatable bonds is 3. The maximum atomic E-state index is 11.3. The van der Waals surface area contributed by atoms with Gasteiger partial charge in [-0.05, 0) is 13.3 Å². The predicted molar refractivity (Wildman–Crippen MR) is 49.3 cm³/mol. The van der Waals surface area contributed by atoms with E-state index in [1.165, 1.54) is 0 Å². The molecule has 1 rings (SSSR count). The van der Waals surface area contributed by atoms with Gasteiger partial charge in [0, 0.05) is 5.92 Å². The molecule has 1 aromatic heterocycles. The molecule has 0 aliphatic heterocycles. The Bertz CT molecular complexity index is 294. The first-order valence-electron chi connectivity index (χ1n) is 4.36. The van der Waals surface area contributed by atoms with Crippen molar-refractivity contribution in [2.75, 3.05) is 5.32 Å². The van der Waals surface area contributed by atoms with E-state index in [2.05, 4.69) is 10.3 Å². The van der Waals surface area contributed by atoms with Crippen LogP contribution in [0.1, 0.15) is 26.0 Å². The highest BCUT2D eigenvalue weighted by atomic mass is 16.4. The Morgan fingerprint density at radius 2 is 2.46 bits per heavy atom. The minimum Gasteiger partial charge on any atom is -0.429 e. The molecule has 1 N–H and O–H groups in total. The SMILES string of the molecule is CCC(C)C(=O)Nc1ncc(C)o1. The van der Waals surface area contributed by atoms with Crippen molar-refractivity contribution in [3.8, 4) is 0 Å². The van der Waals surface area contributed by atoms with Crippen LogP contribution in [-0.2, 0) is 4.79 Å². The lowest BCUT2D eigenvalue weighted by Crippen LogP contribution is -2.19. The van der Waals surface area contributed by atoms with Crippen LogP contribution in [0.5, 0.6) is 0 Å². The van der Waals surface area contributed by atoms with E-state index >= 15 is 0 Å². The first-order valence-corrected chi connectivity index (χ1v) is 4.36. The fourth-order valence-electron chi connectivity index (χ4n) is 0.827. The topological polar surface area (TPSA) is 55.1 Å². The molecule has 13 heavy (non-hydrogen) atoms. The number of aryl methyl sites for hydroxylation is 1. The van der Waals surface area contributed by atoms with Gasteiger partial charge in [0.1, 0.15) is 5.76 Å². The number of nitrogens with zero attached hydrogens (tertiary/aromatic N) is 1. The van der Waals surface area contributed by atoms with Crippen LogP contribution in [-0.4, -0.2) is 10.9 Å². The zero-order valence-corrected chi connectivity index (χ0v) is 8.13. The maximum Gasteiger partial charge on any atom is 0.301 e. The summed E-state index contributed by atoms with van der Waals surface area (Å²) >= 11 is 0. The van der Waals surface area contributed by atoms with Gasteiger partial charge in [0.2, 0.25) is 5.91 Å². The van der Waals surface area contributed by atoms with Gasteiger partial charge in [0.05, 0.1) is 6.20 Å². The monoisotopic (exact) mass is 182 g/mol. The van der Waals surface area contributed by atoms with Crippen LogP contribution in [0.25, 0.3) is 0 Å². The molecule has 0 aliphatic rings. The molecule has 0 radical (unpaired) electrons. The van der Waals surface area contributed by atoms with E-state index in [1.807, 2.05) is 13.8 Å². The molecule has 1 amide bonds. The van der Waals surface area contributed by atoms with E-state index in [4.69, 9.17) is 4.42 Å². The van der Waals surface area contributed by atoms with Crippen molar-refractivity contribution >= 4 is 11.9 Å². The smallest absolute Gasteiger partial charge is 0.301 e. The number of hydrogen-bond acceptors (Lipinski definition) is 3. The average molecular weight is 182 g/mol. The summed E-state index contributed by atoms with van der Waals surface area (Å²) in [6, 6.07) is 0.280. The minimum absolute atomic E-state index is 0.00722. The Kier molecular flexibility index (Phi) is 3.06. The third kappa shape index (κ3) is 2.57. The fraction of sp³-hybridized carbons (Fsp3) is 0.556. The molecule has 0 aromatic carbocycles. The summed E-state index contributed by atoms with van der Waals surface area (Å²) in [5.41, 5.74) is 0. The van der Waals surface area contributed by atoms with Gasteiger partial charge < -0.3 is 4.42 Å². The third-order valence-corrected chi connectivity index (χ3v) is 1.91. The van der Waals surface area contributed by atoms with E-state index in [-0.39, 0.29) is 17.8 Å². The zero-order chi connectivity index (χ0) is 9.84. The van der Waals surface area contributed by atoms with Gasteiger partial charge in [-0.2, -0.15) is 0 Å². The number of amides is 1. The molecular formula is C9H14N2O2. The second-order valence-electron chi connectivity index (χ2n) is 3.07. The van der Waals surface area contributed by atoms with Crippen LogP contribution >= 0.6 is 0 Å². The molecular weight excluding hydrogens is 168 g/mol. The summed E-state index contributed by atoms with van der Waals surface area (Å²) in [6.45, 7) is 5.61. The van der Waals surface area contributed by atoms with E-state index in [0.717, 1.165) is 6.42 Å². The van der Waals surface area contributed by atoms with Crippen molar-refractivity contribution in [1.82, 2.24) is 4.98 Å². The van der Waals surface area contributed by atoms with Crippen molar-refractivity contribution in [1.29, 1.82) is 0 Å². The Morgan fingerprint density at radius 3 is 2.92 bits per heavy atom. The molecule has 0 saturated carbocycles. The van der Waals surface area contributed by atoms with Crippen LogP contribution in [0.15, 0.2) is 10.6 Å². The second kappa shape index (κ2) is 4.07. The van der Waals surface area contributed by atoms with Crippen LogP contribution in [0.3, 0.4) is 0 Å². The highest BCUT2D eigenvalue weighted by Crippen LogP contribution is 2.09. The van der Waals surface area contributed by atoms with Gasteiger partial charge in [-0.15, -0.1) is 0 Å². The zero-order valence-electron chi connectivity index (χ0n) is 8.13. The summed E-state index contributed by atoms with van der Waals surface area (Å²) < 4.78 is 5.11. The number of aromatic nitrogens is 1. The number of anilines is 1. The van der Waals surface area contributed by atoms with Crippen LogP contribution in [0.4, 0.5) is 6.01 Å². The number of hydrogen-bond donors (Lipinski definition) is 1. The van der Waals surface area contributed by atoms with Gasteiger partial charge in [0.25, 0.3) is 0 Å². The van der Waals surface area contributed by atoms with Crippen LogP contribution in [0.2, 0.25) is 0 Å². The Morgan fingerprint density at radius 1 is 1.77 bits per heavy atom. The molecule has 0 aliphatic carbocycles. The summed E-state index contributed by atoms with van der Waals surface area (Å²) in [7, 11) is 0. The van der Waals surface area contributed by atoms with Crippen molar-refractivity contribution in [2.24, 2.45) is 5.92 Å². The first-order chi connectivity index (χ1) is 6.13. The Balaban J connectivity index is 2.54. The van der Waals surface area contributed by atoms with Crippen molar-refractivity contribution < 1.29 is 9.21 Å². The molecule has 4 heteroatoms.